The predicted molar refractivity (Wildman–Crippen MR) is 48.0 cm³/mol. The number of hydrogen-bond donors (Lipinski definition) is 1. The lowest BCUT2D eigenvalue weighted by Gasteiger charge is -2.05. The van der Waals surface area contributed by atoms with E-state index in [-0.39, 0.29) is 5.91 Å². The van der Waals surface area contributed by atoms with Crippen LogP contribution in [0, 0.1) is 5.82 Å². The zero-order valence-corrected chi connectivity index (χ0v) is 7.12. The van der Waals surface area contributed by atoms with Gasteiger partial charge < -0.3 is 5.32 Å². The van der Waals surface area contributed by atoms with E-state index in [1.807, 2.05) is 0 Å². The van der Waals surface area contributed by atoms with Crippen LogP contribution in [0.2, 0.25) is 5.82 Å². The van der Waals surface area contributed by atoms with Crippen LogP contribution >= 0.6 is 0 Å². The molecule has 1 N–H and O–H groups in total. The van der Waals surface area contributed by atoms with Crippen molar-refractivity contribution < 1.29 is 9.18 Å². The fourth-order valence-electron chi connectivity index (χ4n) is 0.690. The van der Waals surface area contributed by atoms with E-state index in [0.29, 0.717) is 5.82 Å². The summed E-state index contributed by atoms with van der Waals surface area (Å²) in [4.78, 5) is 14.7. The Balaban J connectivity index is 2.65. The van der Waals surface area contributed by atoms with Gasteiger partial charge in [0.25, 0.3) is 0 Å². The molecule has 1 aromatic heterocycles. The molecule has 0 saturated carbocycles. The standard InChI is InChI=1S/C8H8BFN2O/c1-5(9)8(13)12-7-3-2-6(10)4-11-7/h2-5H,1H3,(H,11,12,13). The molecule has 0 fully saturated rings. The lowest BCUT2D eigenvalue weighted by Crippen LogP contribution is -2.16. The summed E-state index contributed by atoms with van der Waals surface area (Å²) in [7, 11) is 5.30. The van der Waals surface area contributed by atoms with Crippen LogP contribution in [0.1, 0.15) is 6.92 Å². The van der Waals surface area contributed by atoms with Gasteiger partial charge in [-0.05, 0) is 17.9 Å². The average molecular weight is 178 g/mol. The first kappa shape index (κ1) is 9.70. The van der Waals surface area contributed by atoms with E-state index in [2.05, 4.69) is 10.3 Å². The van der Waals surface area contributed by atoms with E-state index < -0.39 is 11.6 Å². The molecule has 0 saturated heterocycles. The molecule has 1 atom stereocenters. The maximum atomic E-state index is 12.4. The van der Waals surface area contributed by atoms with Crippen LogP contribution in [0.4, 0.5) is 10.2 Å². The molecule has 5 heteroatoms. The molecule has 0 aliphatic rings. The Labute approximate surface area is 76.8 Å². The average Bonchev–Trinajstić information content (AvgIpc) is 2.08. The van der Waals surface area contributed by atoms with Crippen LogP contribution in [-0.4, -0.2) is 18.7 Å². The first-order chi connectivity index (χ1) is 6.09. The van der Waals surface area contributed by atoms with Gasteiger partial charge in [0.1, 0.15) is 11.6 Å². The number of nitrogens with one attached hydrogen (secondary N) is 1. The van der Waals surface area contributed by atoms with Gasteiger partial charge in [-0.15, -0.1) is 0 Å². The number of carbonyl (C=O) groups is 1. The van der Waals surface area contributed by atoms with Crippen molar-refractivity contribution in [1.29, 1.82) is 0 Å². The molecular formula is C8H8BFN2O. The maximum Gasteiger partial charge on any atom is 0.219 e. The van der Waals surface area contributed by atoms with Crippen molar-refractivity contribution in [3.8, 4) is 0 Å². The molecule has 1 aromatic rings. The van der Waals surface area contributed by atoms with Gasteiger partial charge in [0.2, 0.25) is 5.91 Å². The maximum absolute atomic E-state index is 12.4. The number of carbonyl (C=O) groups excluding carboxylic acids is 1. The number of hydrogen-bond acceptors (Lipinski definition) is 2. The SMILES string of the molecule is [B]C(C)C(=O)Nc1ccc(F)cn1. The first-order valence-corrected chi connectivity index (χ1v) is 3.77. The number of aromatic nitrogens is 1. The molecule has 0 bridgehead atoms. The highest BCUT2D eigenvalue weighted by Crippen LogP contribution is 2.06. The highest BCUT2D eigenvalue weighted by Gasteiger charge is 2.06. The molecule has 13 heavy (non-hydrogen) atoms. The second-order valence-electron chi connectivity index (χ2n) is 2.64. The van der Waals surface area contributed by atoms with E-state index in [1.54, 1.807) is 6.92 Å². The quantitative estimate of drug-likeness (QED) is 0.689. The summed E-state index contributed by atoms with van der Waals surface area (Å²) in [6.07, 6.45) is 1.02. The van der Waals surface area contributed by atoms with Crippen LogP contribution in [0.25, 0.3) is 0 Å². The van der Waals surface area contributed by atoms with Crippen molar-refractivity contribution in [2.75, 3.05) is 5.32 Å². The smallest absolute Gasteiger partial charge is 0.219 e. The highest BCUT2D eigenvalue weighted by molar-refractivity contribution is 6.25. The number of anilines is 1. The summed E-state index contributed by atoms with van der Waals surface area (Å²) >= 11 is 0. The number of amides is 1. The van der Waals surface area contributed by atoms with Gasteiger partial charge in [-0.25, -0.2) is 9.37 Å². The second kappa shape index (κ2) is 4.02. The zero-order chi connectivity index (χ0) is 9.84. The van der Waals surface area contributed by atoms with Crippen molar-refractivity contribution in [2.45, 2.75) is 12.7 Å². The summed E-state index contributed by atoms with van der Waals surface area (Å²) < 4.78 is 12.4. The van der Waals surface area contributed by atoms with Crippen LogP contribution in [-0.2, 0) is 4.79 Å². The van der Waals surface area contributed by atoms with Gasteiger partial charge in [-0.2, -0.15) is 0 Å². The molecule has 3 nitrogen and oxygen atoms in total. The molecule has 1 heterocycles. The van der Waals surface area contributed by atoms with Gasteiger partial charge in [-0.3, -0.25) is 4.79 Å². The summed E-state index contributed by atoms with van der Waals surface area (Å²) in [5.74, 6) is -1.10. The molecule has 0 aromatic carbocycles. The minimum Gasteiger partial charge on any atom is -0.311 e. The largest absolute Gasteiger partial charge is 0.311 e. The van der Waals surface area contributed by atoms with Crippen LogP contribution in [0.5, 0.6) is 0 Å². The zero-order valence-electron chi connectivity index (χ0n) is 7.12. The van der Waals surface area contributed by atoms with E-state index in [1.165, 1.54) is 12.1 Å². The van der Waals surface area contributed by atoms with Crippen molar-refractivity contribution in [1.82, 2.24) is 4.98 Å². The monoisotopic (exact) mass is 178 g/mol. The Kier molecular flexibility index (Phi) is 3.00. The fraction of sp³-hybridized carbons (Fsp3) is 0.250. The van der Waals surface area contributed by atoms with E-state index >= 15 is 0 Å². The molecule has 1 rings (SSSR count). The third-order valence-electron chi connectivity index (χ3n) is 1.39. The molecular weight excluding hydrogens is 170 g/mol. The topological polar surface area (TPSA) is 42.0 Å². The van der Waals surface area contributed by atoms with Gasteiger partial charge >= 0.3 is 0 Å². The molecule has 0 spiro atoms. The van der Waals surface area contributed by atoms with Gasteiger partial charge in [-0.1, -0.05) is 6.92 Å². The Hall–Kier alpha value is -1.39. The van der Waals surface area contributed by atoms with Crippen LogP contribution < -0.4 is 5.32 Å². The number of rotatable bonds is 2. The highest BCUT2D eigenvalue weighted by atomic mass is 19.1. The Morgan fingerprint density at radius 3 is 2.85 bits per heavy atom. The molecule has 2 radical (unpaired) electrons. The summed E-state index contributed by atoms with van der Waals surface area (Å²) in [6, 6.07) is 2.58. The summed E-state index contributed by atoms with van der Waals surface area (Å²) in [6.45, 7) is 1.55. The minimum absolute atomic E-state index is 0.295. The van der Waals surface area contributed by atoms with E-state index in [0.717, 1.165) is 6.20 Å². The molecule has 1 amide bonds. The third-order valence-corrected chi connectivity index (χ3v) is 1.39. The van der Waals surface area contributed by atoms with Gasteiger partial charge in [0.15, 0.2) is 0 Å². The minimum atomic E-state index is -0.605. The van der Waals surface area contributed by atoms with E-state index in [9.17, 15) is 9.18 Å². The fourth-order valence-corrected chi connectivity index (χ4v) is 0.690. The van der Waals surface area contributed by atoms with Crippen LogP contribution in [0.15, 0.2) is 18.3 Å². The number of halogens is 1. The Morgan fingerprint density at radius 1 is 1.69 bits per heavy atom. The van der Waals surface area contributed by atoms with Crippen molar-refractivity contribution in [3.63, 3.8) is 0 Å². The predicted octanol–water partition coefficient (Wildman–Crippen LogP) is 1.14. The van der Waals surface area contributed by atoms with Gasteiger partial charge in [0, 0.05) is 0 Å². The van der Waals surface area contributed by atoms with Gasteiger partial charge in [0.05, 0.1) is 14.0 Å². The molecule has 0 aliphatic carbocycles. The summed E-state index contributed by atoms with van der Waals surface area (Å²) in [5.41, 5.74) is 0. The second-order valence-corrected chi connectivity index (χ2v) is 2.64. The third kappa shape index (κ3) is 2.85. The van der Waals surface area contributed by atoms with Crippen molar-refractivity contribution in [2.24, 2.45) is 0 Å². The molecule has 66 valence electrons. The number of nitrogens with zero attached hydrogens (tertiary/aromatic N) is 1. The Morgan fingerprint density at radius 2 is 2.38 bits per heavy atom. The normalized spacial score (nSPS) is 12.2. The van der Waals surface area contributed by atoms with Crippen LogP contribution in [0.3, 0.4) is 0 Å². The summed E-state index contributed by atoms with van der Waals surface area (Å²) in [5, 5.41) is 2.43. The lowest BCUT2D eigenvalue weighted by atomic mass is 9.89. The molecule has 0 aliphatic heterocycles. The number of pyridine rings is 1. The van der Waals surface area contributed by atoms with Crippen molar-refractivity contribution in [3.05, 3.63) is 24.1 Å². The lowest BCUT2D eigenvalue weighted by molar-refractivity contribution is -0.115. The van der Waals surface area contributed by atoms with E-state index in [4.69, 9.17) is 7.85 Å². The van der Waals surface area contributed by atoms with Crippen molar-refractivity contribution >= 4 is 19.6 Å². The first-order valence-electron chi connectivity index (χ1n) is 3.77. The Bertz CT molecular complexity index is 300. The molecule has 1 unspecified atom stereocenters.